The number of carboxylic acids is 1. The number of carbonyl (C=O) groups is 2. The van der Waals surface area contributed by atoms with Gasteiger partial charge in [-0.25, -0.2) is 0 Å². The molecule has 0 aliphatic heterocycles. The van der Waals surface area contributed by atoms with Crippen LogP contribution in [0, 0.1) is 17.3 Å². The van der Waals surface area contributed by atoms with Crippen LogP contribution in [0.5, 0.6) is 5.75 Å². The molecule has 0 spiro atoms. The summed E-state index contributed by atoms with van der Waals surface area (Å²) in [7, 11) is 1.51. The van der Waals surface area contributed by atoms with Crippen LogP contribution in [0.1, 0.15) is 13.8 Å². The average Bonchev–Trinajstić information content (AvgIpc) is 2.95. The van der Waals surface area contributed by atoms with E-state index in [1.165, 1.54) is 7.11 Å². The molecule has 1 saturated carbocycles. The van der Waals surface area contributed by atoms with Crippen molar-refractivity contribution in [3.8, 4) is 5.75 Å². The summed E-state index contributed by atoms with van der Waals surface area (Å²) >= 11 is 6.01. The van der Waals surface area contributed by atoms with Crippen molar-refractivity contribution in [2.24, 2.45) is 17.3 Å². The lowest BCUT2D eigenvalue weighted by molar-refractivity contribution is -0.140. The zero-order valence-corrected chi connectivity index (χ0v) is 12.2. The van der Waals surface area contributed by atoms with E-state index in [1.54, 1.807) is 32.0 Å². The standard InChI is InChI=1S/C14H16ClNO4/c1-14(2)10(11(14)13(18)19)12(17)16-9-6-7(20-3)4-5-8(9)15/h4-6,10-11H,1-3H3,(H,16,17)(H,18,19)/t10-,11+/m1/s1. The summed E-state index contributed by atoms with van der Waals surface area (Å²) in [5.41, 5.74) is -0.121. The Hall–Kier alpha value is -1.75. The van der Waals surface area contributed by atoms with Crippen molar-refractivity contribution in [3.05, 3.63) is 23.2 Å². The topological polar surface area (TPSA) is 75.6 Å². The fourth-order valence-electron chi connectivity index (χ4n) is 2.53. The molecule has 0 aromatic heterocycles. The van der Waals surface area contributed by atoms with E-state index in [4.69, 9.17) is 21.4 Å². The molecule has 1 aliphatic carbocycles. The Balaban J connectivity index is 2.15. The van der Waals surface area contributed by atoms with Gasteiger partial charge in [0.2, 0.25) is 5.91 Å². The normalized spacial score (nSPS) is 23.0. The van der Waals surface area contributed by atoms with E-state index in [2.05, 4.69) is 5.32 Å². The molecule has 1 fully saturated rings. The van der Waals surface area contributed by atoms with Gasteiger partial charge in [-0.15, -0.1) is 0 Å². The van der Waals surface area contributed by atoms with E-state index in [0.717, 1.165) is 0 Å². The second-order valence-corrected chi connectivity index (χ2v) is 5.86. The van der Waals surface area contributed by atoms with E-state index in [-0.39, 0.29) is 5.91 Å². The molecule has 2 rings (SSSR count). The molecule has 2 atom stereocenters. The van der Waals surface area contributed by atoms with Crippen molar-refractivity contribution >= 4 is 29.2 Å². The van der Waals surface area contributed by atoms with Crippen LogP contribution in [-0.2, 0) is 9.59 Å². The maximum absolute atomic E-state index is 12.2. The van der Waals surface area contributed by atoms with Gasteiger partial charge in [0.05, 0.1) is 29.7 Å². The molecule has 6 heteroatoms. The van der Waals surface area contributed by atoms with Crippen molar-refractivity contribution in [3.63, 3.8) is 0 Å². The van der Waals surface area contributed by atoms with Gasteiger partial charge in [-0.1, -0.05) is 25.4 Å². The number of aliphatic carboxylic acids is 1. The molecule has 0 heterocycles. The lowest BCUT2D eigenvalue weighted by Gasteiger charge is -2.09. The summed E-state index contributed by atoms with van der Waals surface area (Å²) in [5, 5.41) is 12.1. The number of methoxy groups -OCH3 is 1. The quantitative estimate of drug-likeness (QED) is 0.896. The Bertz CT molecular complexity index is 570. The average molecular weight is 298 g/mol. The number of hydrogen-bond acceptors (Lipinski definition) is 3. The minimum absolute atomic E-state index is 0.336. The highest BCUT2D eigenvalue weighted by Gasteiger charge is 2.65. The molecule has 20 heavy (non-hydrogen) atoms. The molecule has 1 aliphatic rings. The highest BCUT2D eigenvalue weighted by molar-refractivity contribution is 6.33. The van der Waals surface area contributed by atoms with Crippen LogP contribution in [0.3, 0.4) is 0 Å². The summed E-state index contributed by atoms with van der Waals surface area (Å²) in [5.74, 6) is -1.94. The third kappa shape index (κ3) is 2.45. The lowest BCUT2D eigenvalue weighted by Crippen LogP contribution is -2.18. The van der Waals surface area contributed by atoms with Gasteiger partial charge in [0.1, 0.15) is 5.75 Å². The number of nitrogens with one attached hydrogen (secondary N) is 1. The van der Waals surface area contributed by atoms with E-state index < -0.39 is 23.2 Å². The molecule has 0 unspecified atom stereocenters. The highest BCUT2D eigenvalue weighted by atomic mass is 35.5. The molecule has 0 saturated heterocycles. The Kier molecular flexibility index (Phi) is 3.65. The monoisotopic (exact) mass is 297 g/mol. The maximum Gasteiger partial charge on any atom is 0.307 e. The number of amides is 1. The fraction of sp³-hybridized carbons (Fsp3) is 0.429. The molecule has 0 radical (unpaired) electrons. The first-order valence-electron chi connectivity index (χ1n) is 6.16. The lowest BCUT2D eigenvalue weighted by atomic mass is 10.1. The molecular weight excluding hydrogens is 282 g/mol. The Labute approximate surface area is 121 Å². The van der Waals surface area contributed by atoms with E-state index >= 15 is 0 Å². The van der Waals surface area contributed by atoms with Gasteiger partial charge in [-0.05, 0) is 17.5 Å². The van der Waals surface area contributed by atoms with Gasteiger partial charge < -0.3 is 15.2 Å². The van der Waals surface area contributed by atoms with Crippen molar-refractivity contribution < 1.29 is 19.4 Å². The van der Waals surface area contributed by atoms with Gasteiger partial charge in [-0.2, -0.15) is 0 Å². The molecule has 5 nitrogen and oxygen atoms in total. The zero-order valence-electron chi connectivity index (χ0n) is 11.4. The predicted molar refractivity (Wildman–Crippen MR) is 75.0 cm³/mol. The molecular formula is C14H16ClNO4. The first-order valence-corrected chi connectivity index (χ1v) is 6.54. The smallest absolute Gasteiger partial charge is 0.307 e. The summed E-state index contributed by atoms with van der Waals surface area (Å²) in [6, 6.07) is 4.90. The van der Waals surface area contributed by atoms with E-state index in [9.17, 15) is 9.59 Å². The number of halogens is 1. The van der Waals surface area contributed by atoms with Gasteiger partial charge in [0.15, 0.2) is 0 Å². The second-order valence-electron chi connectivity index (χ2n) is 5.45. The number of hydrogen-bond donors (Lipinski definition) is 2. The van der Waals surface area contributed by atoms with Crippen molar-refractivity contribution in [1.29, 1.82) is 0 Å². The molecule has 0 bridgehead atoms. The Morgan fingerprint density at radius 2 is 2.00 bits per heavy atom. The highest BCUT2D eigenvalue weighted by Crippen LogP contribution is 2.58. The van der Waals surface area contributed by atoms with Gasteiger partial charge in [0.25, 0.3) is 0 Å². The minimum Gasteiger partial charge on any atom is -0.497 e. The Morgan fingerprint density at radius 1 is 1.35 bits per heavy atom. The summed E-state index contributed by atoms with van der Waals surface area (Å²) in [6.07, 6.45) is 0. The first-order chi connectivity index (χ1) is 9.28. The summed E-state index contributed by atoms with van der Waals surface area (Å²) in [4.78, 5) is 23.3. The number of ether oxygens (including phenoxy) is 1. The van der Waals surface area contributed by atoms with Crippen LogP contribution in [0.4, 0.5) is 5.69 Å². The van der Waals surface area contributed by atoms with Gasteiger partial charge in [0, 0.05) is 6.07 Å². The first kappa shape index (κ1) is 14.7. The van der Waals surface area contributed by atoms with Crippen LogP contribution in [0.15, 0.2) is 18.2 Å². The number of benzene rings is 1. The van der Waals surface area contributed by atoms with Crippen LogP contribution in [0.25, 0.3) is 0 Å². The van der Waals surface area contributed by atoms with E-state index in [0.29, 0.717) is 16.5 Å². The number of carboxylic acid groups (broad SMARTS) is 1. The van der Waals surface area contributed by atoms with Crippen molar-refractivity contribution in [2.45, 2.75) is 13.8 Å². The van der Waals surface area contributed by atoms with Crippen LogP contribution in [0.2, 0.25) is 5.02 Å². The third-order valence-corrected chi connectivity index (χ3v) is 4.14. The van der Waals surface area contributed by atoms with Gasteiger partial charge in [-0.3, -0.25) is 9.59 Å². The zero-order chi connectivity index (χ0) is 15.1. The van der Waals surface area contributed by atoms with Crippen molar-refractivity contribution in [1.82, 2.24) is 0 Å². The minimum atomic E-state index is -0.952. The van der Waals surface area contributed by atoms with Crippen LogP contribution < -0.4 is 10.1 Å². The Morgan fingerprint density at radius 3 is 2.50 bits per heavy atom. The predicted octanol–water partition coefficient (Wildman–Crippen LogP) is 2.64. The summed E-state index contributed by atoms with van der Waals surface area (Å²) < 4.78 is 5.06. The SMILES string of the molecule is COc1ccc(Cl)c(NC(=O)[C@H]2[C@@H](C(=O)O)C2(C)C)c1. The molecule has 1 aromatic carbocycles. The molecule has 1 amide bonds. The van der Waals surface area contributed by atoms with Crippen molar-refractivity contribution in [2.75, 3.05) is 12.4 Å². The number of anilines is 1. The fourth-order valence-corrected chi connectivity index (χ4v) is 2.69. The molecule has 108 valence electrons. The number of rotatable bonds is 4. The third-order valence-electron chi connectivity index (χ3n) is 3.81. The molecule has 2 N–H and O–H groups in total. The molecule has 1 aromatic rings. The van der Waals surface area contributed by atoms with Crippen LogP contribution >= 0.6 is 11.6 Å². The maximum atomic E-state index is 12.2. The second kappa shape index (κ2) is 4.98. The van der Waals surface area contributed by atoms with Crippen LogP contribution in [-0.4, -0.2) is 24.1 Å². The van der Waals surface area contributed by atoms with Gasteiger partial charge >= 0.3 is 5.97 Å². The largest absolute Gasteiger partial charge is 0.497 e. The van der Waals surface area contributed by atoms with E-state index in [1.807, 2.05) is 0 Å². The summed E-state index contributed by atoms with van der Waals surface area (Å²) in [6.45, 7) is 3.53. The number of carbonyl (C=O) groups excluding carboxylic acids is 1.